The lowest BCUT2D eigenvalue weighted by atomic mass is 9.85. The SMILES string of the molecule is CC(=O)c1ccc2c(c1)[C@H](NC(=O)c1ccccc1Br)[C@@H](O)C(C)(C)O2. The van der Waals surface area contributed by atoms with E-state index in [1.807, 2.05) is 6.07 Å². The number of amides is 1. The van der Waals surface area contributed by atoms with Crippen molar-refractivity contribution in [1.82, 2.24) is 5.32 Å². The second kappa shape index (κ2) is 6.85. The Labute approximate surface area is 160 Å². The summed E-state index contributed by atoms with van der Waals surface area (Å²) in [5, 5.41) is 13.7. The minimum Gasteiger partial charge on any atom is -0.485 e. The van der Waals surface area contributed by atoms with Crippen LogP contribution in [-0.4, -0.2) is 28.5 Å². The zero-order chi connectivity index (χ0) is 19.1. The van der Waals surface area contributed by atoms with Crippen LogP contribution in [0.15, 0.2) is 46.9 Å². The average molecular weight is 418 g/mol. The number of ketones is 1. The third-order valence-electron chi connectivity index (χ3n) is 4.56. The number of carbonyl (C=O) groups is 2. The monoisotopic (exact) mass is 417 g/mol. The minimum absolute atomic E-state index is 0.0944. The van der Waals surface area contributed by atoms with Crippen molar-refractivity contribution in [2.75, 3.05) is 0 Å². The molecule has 0 saturated heterocycles. The van der Waals surface area contributed by atoms with Crippen LogP contribution in [0.1, 0.15) is 53.1 Å². The predicted octanol–water partition coefficient (Wildman–Crippen LogP) is 3.65. The molecule has 2 atom stereocenters. The van der Waals surface area contributed by atoms with Gasteiger partial charge < -0.3 is 15.2 Å². The Morgan fingerprint density at radius 2 is 1.88 bits per heavy atom. The summed E-state index contributed by atoms with van der Waals surface area (Å²) in [7, 11) is 0. The summed E-state index contributed by atoms with van der Waals surface area (Å²) in [6.45, 7) is 4.99. The van der Waals surface area contributed by atoms with Gasteiger partial charge in [-0.1, -0.05) is 12.1 Å². The first kappa shape index (κ1) is 18.6. The van der Waals surface area contributed by atoms with Crippen LogP contribution >= 0.6 is 15.9 Å². The summed E-state index contributed by atoms with van der Waals surface area (Å²) in [5.74, 6) is 0.129. The number of aliphatic hydroxyl groups excluding tert-OH is 1. The van der Waals surface area contributed by atoms with Gasteiger partial charge in [0.1, 0.15) is 17.5 Å². The average Bonchev–Trinajstić information content (AvgIpc) is 2.58. The fourth-order valence-corrected chi connectivity index (χ4v) is 3.50. The van der Waals surface area contributed by atoms with E-state index in [1.165, 1.54) is 6.92 Å². The quantitative estimate of drug-likeness (QED) is 0.747. The number of nitrogens with one attached hydrogen (secondary N) is 1. The third-order valence-corrected chi connectivity index (χ3v) is 5.25. The van der Waals surface area contributed by atoms with Crippen molar-refractivity contribution in [2.45, 2.75) is 38.5 Å². The number of halogens is 1. The van der Waals surface area contributed by atoms with Gasteiger partial charge in [0.2, 0.25) is 0 Å². The summed E-state index contributed by atoms with van der Waals surface area (Å²) < 4.78 is 6.55. The van der Waals surface area contributed by atoms with E-state index in [0.29, 0.717) is 26.9 Å². The van der Waals surface area contributed by atoms with Crippen LogP contribution in [0.5, 0.6) is 5.75 Å². The van der Waals surface area contributed by atoms with E-state index < -0.39 is 17.7 Å². The Kier molecular flexibility index (Phi) is 4.90. The topological polar surface area (TPSA) is 75.6 Å². The Hall–Kier alpha value is -2.18. The molecule has 2 N–H and O–H groups in total. The molecule has 0 aromatic heterocycles. The van der Waals surface area contributed by atoms with Crippen molar-refractivity contribution in [3.63, 3.8) is 0 Å². The molecule has 5 nitrogen and oxygen atoms in total. The summed E-state index contributed by atoms with van der Waals surface area (Å²) in [6.07, 6.45) is -0.983. The second-order valence-corrected chi connectivity index (χ2v) is 7.74. The normalized spacial score (nSPS) is 20.7. The summed E-state index contributed by atoms with van der Waals surface area (Å²) in [5.41, 5.74) is 0.661. The molecule has 6 heteroatoms. The number of ether oxygens (including phenoxy) is 1. The van der Waals surface area contributed by atoms with Crippen LogP contribution < -0.4 is 10.1 Å². The van der Waals surface area contributed by atoms with Crippen molar-refractivity contribution in [3.05, 3.63) is 63.6 Å². The molecule has 2 aromatic rings. The fourth-order valence-electron chi connectivity index (χ4n) is 3.04. The van der Waals surface area contributed by atoms with Gasteiger partial charge in [-0.2, -0.15) is 0 Å². The molecule has 136 valence electrons. The maximum atomic E-state index is 12.8. The number of hydrogen-bond acceptors (Lipinski definition) is 4. The smallest absolute Gasteiger partial charge is 0.253 e. The van der Waals surface area contributed by atoms with E-state index in [1.54, 1.807) is 50.2 Å². The molecule has 0 radical (unpaired) electrons. The van der Waals surface area contributed by atoms with Crippen molar-refractivity contribution in [2.24, 2.45) is 0 Å². The fraction of sp³-hybridized carbons (Fsp3) is 0.300. The van der Waals surface area contributed by atoms with Crippen molar-refractivity contribution in [3.8, 4) is 5.75 Å². The molecule has 0 spiro atoms. The van der Waals surface area contributed by atoms with Gasteiger partial charge in [-0.25, -0.2) is 0 Å². The number of Topliss-reactive ketones (excluding diaryl/α,β-unsaturated/α-hetero) is 1. The highest BCUT2D eigenvalue weighted by molar-refractivity contribution is 9.10. The predicted molar refractivity (Wildman–Crippen MR) is 102 cm³/mol. The molecule has 1 aliphatic rings. The van der Waals surface area contributed by atoms with E-state index in [9.17, 15) is 14.7 Å². The molecular formula is C20H20BrNO4. The Morgan fingerprint density at radius 1 is 1.19 bits per heavy atom. The molecule has 0 aliphatic carbocycles. The molecule has 0 unspecified atom stereocenters. The highest BCUT2D eigenvalue weighted by Crippen LogP contribution is 2.40. The van der Waals surface area contributed by atoms with E-state index in [4.69, 9.17) is 4.74 Å². The molecule has 3 rings (SSSR count). The standard InChI is InChI=1S/C20H20BrNO4/c1-11(23)12-8-9-16-14(10-12)17(18(24)20(2,3)26-16)22-19(25)13-6-4-5-7-15(13)21/h4-10,17-18,24H,1-3H3,(H,22,25)/t17-,18+/m0/s1. The van der Waals surface area contributed by atoms with E-state index in [0.717, 1.165) is 0 Å². The van der Waals surface area contributed by atoms with Crippen LogP contribution in [0, 0.1) is 0 Å². The van der Waals surface area contributed by atoms with Crippen molar-refractivity contribution in [1.29, 1.82) is 0 Å². The molecule has 0 saturated carbocycles. The number of hydrogen-bond donors (Lipinski definition) is 2. The molecule has 1 heterocycles. The lowest BCUT2D eigenvalue weighted by Crippen LogP contribution is -2.53. The number of fused-ring (bicyclic) bond motifs is 1. The van der Waals surface area contributed by atoms with Crippen LogP contribution in [0.3, 0.4) is 0 Å². The second-order valence-electron chi connectivity index (χ2n) is 6.89. The van der Waals surface area contributed by atoms with Crippen LogP contribution in [0.4, 0.5) is 0 Å². The number of benzene rings is 2. The van der Waals surface area contributed by atoms with Gasteiger partial charge in [0.05, 0.1) is 11.6 Å². The van der Waals surface area contributed by atoms with Gasteiger partial charge in [-0.05, 0) is 67.0 Å². The molecule has 0 fully saturated rings. The van der Waals surface area contributed by atoms with Gasteiger partial charge in [0, 0.05) is 15.6 Å². The lowest BCUT2D eigenvalue weighted by Gasteiger charge is -2.42. The Balaban J connectivity index is 2.02. The zero-order valence-corrected chi connectivity index (χ0v) is 16.3. The van der Waals surface area contributed by atoms with Gasteiger partial charge in [-0.15, -0.1) is 0 Å². The van der Waals surface area contributed by atoms with Gasteiger partial charge >= 0.3 is 0 Å². The highest BCUT2D eigenvalue weighted by Gasteiger charge is 2.43. The first-order valence-electron chi connectivity index (χ1n) is 8.28. The van der Waals surface area contributed by atoms with Crippen LogP contribution in [0.25, 0.3) is 0 Å². The van der Waals surface area contributed by atoms with E-state index >= 15 is 0 Å². The number of rotatable bonds is 3. The molecular weight excluding hydrogens is 398 g/mol. The summed E-state index contributed by atoms with van der Waals surface area (Å²) in [4.78, 5) is 24.5. The molecule has 1 amide bonds. The molecule has 1 aliphatic heterocycles. The van der Waals surface area contributed by atoms with Crippen molar-refractivity contribution >= 4 is 27.6 Å². The van der Waals surface area contributed by atoms with E-state index in [2.05, 4.69) is 21.2 Å². The largest absolute Gasteiger partial charge is 0.485 e. The Morgan fingerprint density at radius 3 is 2.54 bits per heavy atom. The van der Waals surface area contributed by atoms with E-state index in [-0.39, 0.29) is 11.7 Å². The van der Waals surface area contributed by atoms with Gasteiger partial charge in [0.15, 0.2) is 5.78 Å². The first-order chi connectivity index (χ1) is 12.2. The van der Waals surface area contributed by atoms with Crippen molar-refractivity contribution < 1.29 is 19.4 Å². The molecule has 26 heavy (non-hydrogen) atoms. The third kappa shape index (κ3) is 3.39. The van der Waals surface area contributed by atoms with Gasteiger partial charge in [-0.3, -0.25) is 9.59 Å². The van der Waals surface area contributed by atoms with Crippen LogP contribution in [0.2, 0.25) is 0 Å². The zero-order valence-electron chi connectivity index (χ0n) is 14.7. The maximum Gasteiger partial charge on any atom is 0.253 e. The lowest BCUT2D eigenvalue weighted by molar-refractivity contribution is -0.0627. The molecule has 0 bridgehead atoms. The Bertz CT molecular complexity index is 878. The first-order valence-corrected chi connectivity index (χ1v) is 9.07. The highest BCUT2D eigenvalue weighted by atomic mass is 79.9. The number of aliphatic hydroxyl groups is 1. The number of carbonyl (C=O) groups excluding carboxylic acids is 2. The summed E-state index contributed by atoms with van der Waals surface area (Å²) >= 11 is 3.37. The van der Waals surface area contributed by atoms with Gasteiger partial charge in [0.25, 0.3) is 5.91 Å². The summed E-state index contributed by atoms with van der Waals surface area (Å²) in [6, 6.07) is 11.4. The minimum atomic E-state index is -0.983. The maximum absolute atomic E-state index is 12.8. The molecule has 2 aromatic carbocycles. The van der Waals surface area contributed by atoms with Crippen LogP contribution in [-0.2, 0) is 0 Å².